The number of benzene rings is 2. The molecular weight excluding hydrogens is 510 g/mol. The summed E-state index contributed by atoms with van der Waals surface area (Å²) in [5, 5.41) is 5.79. The Bertz CT molecular complexity index is 1320. The van der Waals surface area contributed by atoms with Crippen molar-refractivity contribution in [2.45, 2.75) is 45.9 Å². The van der Waals surface area contributed by atoms with E-state index in [1.807, 2.05) is 5.32 Å². The van der Waals surface area contributed by atoms with Crippen molar-refractivity contribution in [1.29, 1.82) is 0 Å². The standard InChI is InChI=1S/C23H22F6N4O4/c1-4-32-22(36-11(2)3)31-33(23(32)35)16-9-17(37-18(10-24)20(28)29)12(8-15(16)27)21(34)30-19-13(25)6-5-7-14(19)26/h5-9,11,18,20H,4,10H2,1-3H3,(H,30,34)/t18-/m0/s1. The Labute approximate surface area is 206 Å². The molecule has 1 N–H and O–H groups in total. The molecule has 2 aromatic carbocycles. The molecule has 200 valence electrons. The Morgan fingerprint density at radius 3 is 2.27 bits per heavy atom. The van der Waals surface area contributed by atoms with Crippen molar-refractivity contribution in [3.05, 3.63) is 63.8 Å². The largest absolute Gasteiger partial charge is 0.481 e. The third kappa shape index (κ3) is 5.89. The van der Waals surface area contributed by atoms with E-state index in [0.29, 0.717) is 16.8 Å². The van der Waals surface area contributed by atoms with E-state index in [0.717, 1.165) is 22.8 Å². The van der Waals surface area contributed by atoms with Crippen LogP contribution in [0.25, 0.3) is 5.69 Å². The van der Waals surface area contributed by atoms with Crippen LogP contribution >= 0.6 is 0 Å². The fourth-order valence-corrected chi connectivity index (χ4v) is 3.20. The number of nitrogens with zero attached hydrogens (tertiary/aromatic N) is 3. The first kappa shape index (κ1) is 27.6. The first-order valence-electron chi connectivity index (χ1n) is 10.9. The van der Waals surface area contributed by atoms with E-state index in [4.69, 9.17) is 9.47 Å². The second-order valence-electron chi connectivity index (χ2n) is 7.88. The maximum Gasteiger partial charge on any atom is 0.353 e. The van der Waals surface area contributed by atoms with Crippen LogP contribution in [0.2, 0.25) is 0 Å². The van der Waals surface area contributed by atoms with Gasteiger partial charge in [0.1, 0.15) is 41.3 Å². The van der Waals surface area contributed by atoms with E-state index in [1.165, 1.54) is 0 Å². The molecule has 0 aliphatic rings. The van der Waals surface area contributed by atoms with Gasteiger partial charge in [-0.3, -0.25) is 4.79 Å². The fourth-order valence-electron chi connectivity index (χ4n) is 3.20. The summed E-state index contributed by atoms with van der Waals surface area (Å²) in [7, 11) is 0. The number of aromatic nitrogens is 3. The van der Waals surface area contributed by atoms with E-state index in [9.17, 15) is 31.5 Å². The Kier molecular flexibility index (Phi) is 8.50. The lowest BCUT2D eigenvalue weighted by molar-refractivity contribution is -0.00158. The molecule has 14 heteroatoms. The molecule has 0 bridgehead atoms. The molecule has 0 aliphatic heterocycles. The molecule has 1 heterocycles. The van der Waals surface area contributed by atoms with Gasteiger partial charge in [-0.1, -0.05) is 6.07 Å². The highest BCUT2D eigenvalue weighted by atomic mass is 19.3. The van der Waals surface area contributed by atoms with Crippen molar-refractivity contribution >= 4 is 11.6 Å². The number of nitrogens with one attached hydrogen (secondary N) is 1. The quantitative estimate of drug-likeness (QED) is 0.389. The van der Waals surface area contributed by atoms with E-state index in [2.05, 4.69) is 5.10 Å². The summed E-state index contributed by atoms with van der Waals surface area (Å²) < 4.78 is 94.9. The first-order valence-corrected chi connectivity index (χ1v) is 10.9. The molecule has 1 atom stereocenters. The highest BCUT2D eigenvalue weighted by molar-refractivity contribution is 6.06. The van der Waals surface area contributed by atoms with Gasteiger partial charge in [0, 0.05) is 12.6 Å². The van der Waals surface area contributed by atoms with Crippen LogP contribution in [-0.2, 0) is 6.54 Å². The number of carbonyl (C=O) groups excluding carboxylic acids is 1. The van der Waals surface area contributed by atoms with Gasteiger partial charge in [-0.2, -0.15) is 4.68 Å². The molecule has 3 aromatic rings. The number of alkyl halides is 3. The number of anilines is 1. The molecule has 8 nitrogen and oxygen atoms in total. The fraction of sp³-hybridized carbons (Fsp3) is 0.348. The van der Waals surface area contributed by atoms with E-state index in [-0.39, 0.29) is 12.6 Å². The van der Waals surface area contributed by atoms with Gasteiger partial charge in [0.15, 0.2) is 6.10 Å². The van der Waals surface area contributed by atoms with Crippen LogP contribution < -0.4 is 20.5 Å². The minimum Gasteiger partial charge on any atom is -0.481 e. The van der Waals surface area contributed by atoms with Gasteiger partial charge < -0.3 is 14.8 Å². The summed E-state index contributed by atoms with van der Waals surface area (Å²) in [6, 6.07) is 3.70. The average molecular weight is 532 g/mol. The Hall–Kier alpha value is -3.97. The number of hydrogen-bond donors (Lipinski definition) is 1. The topological polar surface area (TPSA) is 87.4 Å². The zero-order chi connectivity index (χ0) is 27.4. The number of ether oxygens (including phenoxy) is 2. The van der Waals surface area contributed by atoms with Crippen molar-refractivity contribution in [3.8, 4) is 17.4 Å². The summed E-state index contributed by atoms with van der Waals surface area (Å²) in [5.74, 6) is -5.74. The molecule has 0 saturated carbocycles. The maximum absolute atomic E-state index is 15.2. The Morgan fingerprint density at radius 1 is 1.08 bits per heavy atom. The van der Waals surface area contributed by atoms with Gasteiger partial charge in [-0.05, 0) is 39.0 Å². The number of carbonyl (C=O) groups is 1. The predicted molar refractivity (Wildman–Crippen MR) is 120 cm³/mol. The lowest BCUT2D eigenvalue weighted by atomic mass is 10.1. The van der Waals surface area contributed by atoms with Gasteiger partial charge in [0.05, 0.1) is 11.7 Å². The molecule has 0 unspecified atom stereocenters. The third-order valence-electron chi connectivity index (χ3n) is 4.92. The van der Waals surface area contributed by atoms with Crippen LogP contribution in [0.5, 0.6) is 11.8 Å². The lowest BCUT2D eigenvalue weighted by Crippen LogP contribution is -2.29. The Balaban J connectivity index is 2.16. The second-order valence-corrected chi connectivity index (χ2v) is 7.88. The number of rotatable bonds is 10. The zero-order valence-electron chi connectivity index (χ0n) is 19.8. The SMILES string of the molecule is CCn1c(OC(C)C)nn(-c2cc(O[C@@H](CF)C(F)F)c(C(=O)Nc3c(F)cccc3F)cc2F)c1=O. The highest BCUT2D eigenvalue weighted by Gasteiger charge is 2.28. The average Bonchev–Trinajstić information content (AvgIpc) is 3.13. The molecule has 0 saturated heterocycles. The van der Waals surface area contributed by atoms with E-state index >= 15 is 4.39 Å². The number of amides is 1. The smallest absolute Gasteiger partial charge is 0.353 e. The van der Waals surface area contributed by atoms with Crippen molar-refractivity contribution in [1.82, 2.24) is 14.3 Å². The minimum absolute atomic E-state index is 0.0792. The van der Waals surface area contributed by atoms with Crippen molar-refractivity contribution in [2.75, 3.05) is 12.0 Å². The van der Waals surface area contributed by atoms with Gasteiger partial charge >= 0.3 is 11.7 Å². The molecule has 1 amide bonds. The highest BCUT2D eigenvalue weighted by Crippen LogP contribution is 2.29. The number of hydrogen-bond acceptors (Lipinski definition) is 5. The maximum atomic E-state index is 15.2. The van der Waals surface area contributed by atoms with Crippen molar-refractivity contribution < 1.29 is 40.6 Å². The van der Waals surface area contributed by atoms with Gasteiger partial charge in [-0.15, -0.1) is 5.10 Å². The van der Waals surface area contributed by atoms with Crippen molar-refractivity contribution in [2.24, 2.45) is 0 Å². The molecular formula is C23H22F6N4O4. The number of halogens is 6. The van der Waals surface area contributed by atoms with Crippen LogP contribution in [-0.4, -0.2) is 45.6 Å². The predicted octanol–water partition coefficient (Wildman–Crippen LogP) is 4.49. The van der Waals surface area contributed by atoms with Gasteiger partial charge in [0.2, 0.25) is 0 Å². The summed E-state index contributed by atoms with van der Waals surface area (Å²) in [6.45, 7) is 3.29. The first-order chi connectivity index (χ1) is 17.5. The summed E-state index contributed by atoms with van der Waals surface area (Å²) in [6.07, 6.45) is -6.14. The Morgan fingerprint density at radius 2 is 1.73 bits per heavy atom. The monoisotopic (exact) mass is 532 g/mol. The molecule has 0 radical (unpaired) electrons. The lowest BCUT2D eigenvalue weighted by Gasteiger charge is -2.19. The normalized spacial score (nSPS) is 12.2. The minimum atomic E-state index is -3.36. The van der Waals surface area contributed by atoms with Gasteiger partial charge in [0.25, 0.3) is 12.3 Å². The molecule has 37 heavy (non-hydrogen) atoms. The molecule has 0 spiro atoms. The summed E-state index contributed by atoms with van der Waals surface area (Å²) in [4.78, 5) is 25.6. The molecule has 3 rings (SSSR count). The van der Waals surface area contributed by atoms with Crippen LogP contribution in [0.1, 0.15) is 31.1 Å². The summed E-state index contributed by atoms with van der Waals surface area (Å²) >= 11 is 0. The number of para-hydroxylation sites is 1. The van der Waals surface area contributed by atoms with E-state index < -0.39 is 77.0 Å². The van der Waals surface area contributed by atoms with Crippen LogP contribution in [0.15, 0.2) is 35.1 Å². The second kappa shape index (κ2) is 11.4. The molecule has 0 aliphatic carbocycles. The van der Waals surface area contributed by atoms with Crippen LogP contribution in [0.3, 0.4) is 0 Å². The molecule has 1 aromatic heterocycles. The van der Waals surface area contributed by atoms with Crippen LogP contribution in [0.4, 0.5) is 32.0 Å². The third-order valence-corrected chi connectivity index (χ3v) is 4.92. The van der Waals surface area contributed by atoms with E-state index in [1.54, 1.807) is 20.8 Å². The van der Waals surface area contributed by atoms with Crippen LogP contribution in [0, 0.1) is 17.5 Å². The molecule has 0 fully saturated rings. The van der Waals surface area contributed by atoms with Crippen molar-refractivity contribution in [3.63, 3.8) is 0 Å². The van der Waals surface area contributed by atoms with Gasteiger partial charge in [-0.25, -0.2) is 35.7 Å². The zero-order valence-corrected chi connectivity index (χ0v) is 19.8. The summed E-state index contributed by atoms with van der Waals surface area (Å²) in [5.41, 5.74) is -3.21.